The minimum Gasteiger partial charge on any atom is -0.353 e. The van der Waals surface area contributed by atoms with E-state index in [-0.39, 0.29) is 6.04 Å². The van der Waals surface area contributed by atoms with E-state index in [1.807, 2.05) is 25.1 Å². The summed E-state index contributed by atoms with van der Waals surface area (Å²) in [5, 5.41) is 16.5. The highest BCUT2D eigenvalue weighted by molar-refractivity contribution is 7.80. The maximum Gasteiger partial charge on any atom is 0.171 e. The lowest BCUT2D eigenvalue weighted by molar-refractivity contribution is 0.559. The number of halogens is 1. The van der Waals surface area contributed by atoms with Gasteiger partial charge >= 0.3 is 0 Å². The number of nitrogens with one attached hydrogen (secondary N) is 2. The predicted octanol–water partition coefficient (Wildman–Crippen LogP) is 4.01. The van der Waals surface area contributed by atoms with Gasteiger partial charge in [-0.15, -0.1) is 10.2 Å². The van der Waals surface area contributed by atoms with Crippen molar-refractivity contribution in [3.05, 3.63) is 40.4 Å². The van der Waals surface area contributed by atoms with Crippen molar-refractivity contribution in [3.8, 4) is 0 Å². The molecule has 1 aliphatic rings. The second kappa shape index (κ2) is 7.49. The molecule has 24 heavy (non-hydrogen) atoms. The third-order valence-corrected chi connectivity index (χ3v) is 5.02. The lowest BCUT2D eigenvalue weighted by atomic mass is 10.2. The Morgan fingerprint density at radius 3 is 2.96 bits per heavy atom. The Kier molecular flexibility index (Phi) is 5.36. The molecular formula is C17H22ClN5S. The number of aromatic nitrogens is 3. The zero-order valence-corrected chi connectivity index (χ0v) is 15.5. The summed E-state index contributed by atoms with van der Waals surface area (Å²) in [6.07, 6.45) is 4.62. The van der Waals surface area contributed by atoms with Crippen LogP contribution in [0.3, 0.4) is 0 Å². The summed E-state index contributed by atoms with van der Waals surface area (Å²) >= 11 is 11.6. The summed E-state index contributed by atoms with van der Waals surface area (Å²) in [5.41, 5.74) is 1.89. The van der Waals surface area contributed by atoms with E-state index in [0.717, 1.165) is 40.9 Å². The average molecular weight is 364 g/mol. The van der Waals surface area contributed by atoms with Gasteiger partial charge in [-0.3, -0.25) is 0 Å². The smallest absolute Gasteiger partial charge is 0.171 e. The van der Waals surface area contributed by atoms with Crippen LogP contribution in [-0.4, -0.2) is 19.9 Å². The molecule has 0 amide bonds. The van der Waals surface area contributed by atoms with Crippen molar-refractivity contribution in [2.75, 3.05) is 5.32 Å². The van der Waals surface area contributed by atoms with Crippen LogP contribution in [0.2, 0.25) is 5.02 Å². The van der Waals surface area contributed by atoms with Gasteiger partial charge in [-0.1, -0.05) is 24.1 Å². The van der Waals surface area contributed by atoms with Crippen LogP contribution in [0, 0.1) is 6.92 Å². The fourth-order valence-electron chi connectivity index (χ4n) is 2.99. The van der Waals surface area contributed by atoms with Gasteiger partial charge in [0.1, 0.15) is 5.82 Å². The van der Waals surface area contributed by atoms with Crippen molar-refractivity contribution in [3.63, 3.8) is 0 Å². The SMILES string of the molecule is Cc1c(Cl)cccc1NC(=S)NC(C)c1nnc2n1CCCCC2. The number of rotatable bonds is 3. The number of benzene rings is 1. The molecule has 0 aliphatic carbocycles. The molecule has 2 aromatic rings. The van der Waals surface area contributed by atoms with Crippen LogP contribution in [0.5, 0.6) is 0 Å². The van der Waals surface area contributed by atoms with Crippen LogP contribution in [0.25, 0.3) is 0 Å². The van der Waals surface area contributed by atoms with E-state index in [1.54, 1.807) is 0 Å². The van der Waals surface area contributed by atoms with E-state index in [1.165, 1.54) is 19.3 Å². The number of hydrogen-bond donors (Lipinski definition) is 2. The highest BCUT2D eigenvalue weighted by Gasteiger charge is 2.19. The Hall–Kier alpha value is -1.66. The quantitative estimate of drug-likeness (QED) is 0.807. The Morgan fingerprint density at radius 1 is 1.29 bits per heavy atom. The third-order valence-electron chi connectivity index (χ3n) is 4.39. The van der Waals surface area contributed by atoms with Crippen LogP contribution in [0.1, 0.15) is 49.4 Å². The van der Waals surface area contributed by atoms with E-state index < -0.39 is 0 Å². The Morgan fingerprint density at radius 2 is 2.12 bits per heavy atom. The van der Waals surface area contributed by atoms with Crippen LogP contribution in [0.15, 0.2) is 18.2 Å². The molecule has 1 aromatic heterocycles. The van der Waals surface area contributed by atoms with Gasteiger partial charge in [-0.05, 0) is 56.6 Å². The largest absolute Gasteiger partial charge is 0.353 e. The second-order valence-electron chi connectivity index (χ2n) is 6.17. The van der Waals surface area contributed by atoms with Crippen LogP contribution >= 0.6 is 23.8 Å². The van der Waals surface area contributed by atoms with Crippen molar-refractivity contribution in [1.82, 2.24) is 20.1 Å². The van der Waals surface area contributed by atoms with Gasteiger partial charge in [0, 0.05) is 23.7 Å². The van der Waals surface area contributed by atoms with Crippen molar-refractivity contribution >= 4 is 34.6 Å². The molecule has 1 aliphatic heterocycles. The normalized spacial score (nSPS) is 15.3. The first kappa shape index (κ1) is 17.2. The van der Waals surface area contributed by atoms with Crippen LogP contribution < -0.4 is 10.6 Å². The molecule has 5 nitrogen and oxygen atoms in total. The molecule has 0 bridgehead atoms. The van der Waals surface area contributed by atoms with Gasteiger partial charge in [0.15, 0.2) is 10.9 Å². The highest BCUT2D eigenvalue weighted by Crippen LogP contribution is 2.23. The fraction of sp³-hybridized carbons (Fsp3) is 0.471. The number of hydrogen-bond acceptors (Lipinski definition) is 3. The van der Waals surface area contributed by atoms with Gasteiger partial charge in [0.25, 0.3) is 0 Å². The van der Waals surface area contributed by atoms with Gasteiger partial charge in [-0.25, -0.2) is 0 Å². The van der Waals surface area contributed by atoms with Crippen LogP contribution in [0.4, 0.5) is 5.69 Å². The molecule has 3 rings (SSSR count). The monoisotopic (exact) mass is 363 g/mol. The number of anilines is 1. The number of fused-ring (bicyclic) bond motifs is 1. The predicted molar refractivity (Wildman–Crippen MR) is 102 cm³/mol. The fourth-order valence-corrected chi connectivity index (χ4v) is 3.45. The molecule has 0 spiro atoms. The summed E-state index contributed by atoms with van der Waals surface area (Å²) < 4.78 is 2.23. The Bertz CT molecular complexity index is 743. The second-order valence-corrected chi connectivity index (χ2v) is 6.98. The molecule has 0 saturated heterocycles. The molecule has 1 aromatic carbocycles. The van der Waals surface area contributed by atoms with Crippen molar-refractivity contribution in [2.45, 2.75) is 52.1 Å². The van der Waals surface area contributed by atoms with E-state index in [4.69, 9.17) is 23.8 Å². The molecule has 0 fully saturated rings. The number of nitrogens with zero attached hydrogens (tertiary/aromatic N) is 3. The lowest BCUT2D eigenvalue weighted by Gasteiger charge is -2.18. The van der Waals surface area contributed by atoms with E-state index in [0.29, 0.717) is 5.11 Å². The topological polar surface area (TPSA) is 54.8 Å². The van der Waals surface area contributed by atoms with E-state index in [9.17, 15) is 0 Å². The minimum atomic E-state index is -0.0103. The summed E-state index contributed by atoms with van der Waals surface area (Å²) in [6.45, 7) is 5.01. The summed E-state index contributed by atoms with van der Waals surface area (Å²) in [5.74, 6) is 2.03. The number of aryl methyl sites for hydroxylation is 1. The zero-order valence-electron chi connectivity index (χ0n) is 14.0. The zero-order chi connectivity index (χ0) is 17.1. The summed E-state index contributed by atoms with van der Waals surface area (Å²) in [4.78, 5) is 0. The molecule has 0 radical (unpaired) electrons. The van der Waals surface area contributed by atoms with E-state index >= 15 is 0 Å². The Labute approximate surface area is 152 Å². The maximum absolute atomic E-state index is 6.15. The van der Waals surface area contributed by atoms with Gasteiger partial charge < -0.3 is 15.2 Å². The molecule has 1 unspecified atom stereocenters. The van der Waals surface area contributed by atoms with Gasteiger partial charge in [0.2, 0.25) is 0 Å². The maximum atomic E-state index is 6.15. The molecule has 128 valence electrons. The van der Waals surface area contributed by atoms with Crippen molar-refractivity contribution in [2.24, 2.45) is 0 Å². The summed E-state index contributed by atoms with van der Waals surface area (Å²) in [6, 6.07) is 5.72. The molecule has 2 N–H and O–H groups in total. The molecule has 7 heteroatoms. The first-order chi connectivity index (χ1) is 11.6. The third kappa shape index (κ3) is 3.70. The lowest BCUT2D eigenvalue weighted by Crippen LogP contribution is -2.32. The molecule has 1 atom stereocenters. The van der Waals surface area contributed by atoms with E-state index in [2.05, 4.69) is 32.3 Å². The van der Waals surface area contributed by atoms with Gasteiger partial charge in [-0.2, -0.15) is 0 Å². The van der Waals surface area contributed by atoms with Crippen molar-refractivity contribution < 1.29 is 0 Å². The highest BCUT2D eigenvalue weighted by atomic mass is 35.5. The minimum absolute atomic E-state index is 0.0103. The first-order valence-corrected chi connectivity index (χ1v) is 9.09. The standard InChI is InChI=1S/C17H22ClN5S/c1-11-13(18)7-6-8-14(11)20-17(24)19-12(2)16-22-21-15-9-4-3-5-10-23(15)16/h6-8,12H,3-5,9-10H2,1-2H3,(H2,19,20,24). The molecule has 2 heterocycles. The molecule has 0 saturated carbocycles. The summed E-state index contributed by atoms with van der Waals surface area (Å²) in [7, 11) is 0. The number of thiocarbonyl (C=S) groups is 1. The molecular weight excluding hydrogens is 342 g/mol. The first-order valence-electron chi connectivity index (χ1n) is 8.31. The average Bonchev–Trinajstić information content (AvgIpc) is 2.81. The van der Waals surface area contributed by atoms with Crippen molar-refractivity contribution in [1.29, 1.82) is 0 Å². The Balaban J connectivity index is 1.68. The van der Waals surface area contributed by atoms with Gasteiger partial charge in [0.05, 0.1) is 6.04 Å². The van der Waals surface area contributed by atoms with Crippen LogP contribution in [-0.2, 0) is 13.0 Å².